The predicted octanol–water partition coefficient (Wildman–Crippen LogP) is 7.56. The number of carbonyl (C=O) groups excluding carboxylic acids is 3. The van der Waals surface area contributed by atoms with E-state index in [0.29, 0.717) is 47.9 Å². The molecule has 0 saturated carbocycles. The highest BCUT2D eigenvalue weighted by molar-refractivity contribution is 14.1. The van der Waals surface area contributed by atoms with E-state index in [4.69, 9.17) is 32.7 Å². The Balaban J connectivity index is 1.48. The van der Waals surface area contributed by atoms with Crippen molar-refractivity contribution in [1.82, 2.24) is 4.90 Å². The van der Waals surface area contributed by atoms with Crippen LogP contribution in [-0.2, 0) is 16.1 Å². The van der Waals surface area contributed by atoms with Crippen molar-refractivity contribution in [2.45, 2.75) is 20.4 Å². The number of hydrogen-bond donors (Lipinski definition) is 1. The fraction of sp³-hybridized carbons (Fsp3) is 0.179. The van der Waals surface area contributed by atoms with E-state index in [1.54, 1.807) is 48.5 Å². The molecular weight excluding hydrogens is 674 g/mol. The molecule has 0 bridgehead atoms. The van der Waals surface area contributed by atoms with Crippen LogP contribution >= 0.6 is 57.6 Å². The molecule has 1 saturated heterocycles. The Bertz CT molecular complexity index is 1480. The van der Waals surface area contributed by atoms with Crippen molar-refractivity contribution in [3.05, 3.63) is 89.8 Å². The van der Waals surface area contributed by atoms with Gasteiger partial charge in [-0.25, -0.2) is 0 Å². The molecule has 1 fully saturated rings. The second kappa shape index (κ2) is 13.1. The summed E-state index contributed by atoms with van der Waals surface area (Å²) < 4.78 is 12.3. The fourth-order valence-electron chi connectivity index (χ4n) is 3.69. The van der Waals surface area contributed by atoms with E-state index in [1.165, 1.54) is 4.90 Å². The fourth-order valence-corrected chi connectivity index (χ4v) is 5.70. The third-order valence-corrected chi connectivity index (χ3v) is 7.89. The Morgan fingerprint density at radius 3 is 2.62 bits per heavy atom. The number of aryl methyl sites for hydroxylation is 1. The number of carbonyl (C=O) groups is 3. The average molecular weight is 697 g/mol. The number of thioether (sulfide) groups is 1. The molecule has 39 heavy (non-hydrogen) atoms. The Kier molecular flexibility index (Phi) is 9.81. The lowest BCUT2D eigenvalue weighted by Crippen LogP contribution is -2.27. The minimum absolute atomic E-state index is 0.133. The van der Waals surface area contributed by atoms with Crippen LogP contribution in [-0.4, -0.2) is 35.2 Å². The number of ether oxygens (including phenoxy) is 2. The quantitative estimate of drug-likeness (QED) is 0.184. The molecule has 1 aliphatic heterocycles. The summed E-state index contributed by atoms with van der Waals surface area (Å²) in [5.41, 5.74) is 2.89. The Hall–Kier alpha value is -2.73. The summed E-state index contributed by atoms with van der Waals surface area (Å²) in [6.07, 6.45) is 1.64. The molecule has 0 radical (unpaired) electrons. The Morgan fingerprint density at radius 1 is 1.10 bits per heavy atom. The summed E-state index contributed by atoms with van der Waals surface area (Å²) in [7, 11) is 0. The molecule has 3 aromatic rings. The number of rotatable bonds is 9. The van der Waals surface area contributed by atoms with Crippen LogP contribution in [0.1, 0.15) is 23.6 Å². The molecule has 1 N–H and O–H groups in total. The highest BCUT2D eigenvalue weighted by atomic mass is 127. The first-order valence-electron chi connectivity index (χ1n) is 11.8. The number of amides is 3. The Labute approximate surface area is 254 Å². The second-order valence-electron chi connectivity index (χ2n) is 8.46. The highest BCUT2D eigenvalue weighted by Gasteiger charge is 2.35. The SMILES string of the molecule is CCOc1cc(/C=C2\SC(=O)N(Cc3cccc(Cl)c3)C2=O)cc(I)c1OCC(=O)Nc1ccc(C)c(Cl)c1. The first-order chi connectivity index (χ1) is 18.6. The summed E-state index contributed by atoms with van der Waals surface area (Å²) in [6, 6.07) is 15.8. The van der Waals surface area contributed by atoms with Crippen LogP contribution in [0.3, 0.4) is 0 Å². The molecule has 7 nitrogen and oxygen atoms in total. The van der Waals surface area contributed by atoms with Gasteiger partial charge in [-0.2, -0.15) is 0 Å². The molecule has 1 heterocycles. The molecule has 0 spiro atoms. The van der Waals surface area contributed by atoms with Crippen LogP contribution in [0.25, 0.3) is 6.08 Å². The minimum Gasteiger partial charge on any atom is -0.490 e. The van der Waals surface area contributed by atoms with Crippen LogP contribution in [0.5, 0.6) is 11.5 Å². The smallest absolute Gasteiger partial charge is 0.293 e. The van der Waals surface area contributed by atoms with Crippen LogP contribution in [0.2, 0.25) is 10.0 Å². The van der Waals surface area contributed by atoms with Gasteiger partial charge in [-0.1, -0.05) is 41.4 Å². The lowest BCUT2D eigenvalue weighted by Gasteiger charge is -2.15. The topological polar surface area (TPSA) is 84.9 Å². The van der Waals surface area contributed by atoms with E-state index in [2.05, 4.69) is 27.9 Å². The van der Waals surface area contributed by atoms with Crippen LogP contribution < -0.4 is 14.8 Å². The maximum atomic E-state index is 13.0. The number of nitrogens with zero attached hydrogens (tertiary/aromatic N) is 1. The molecule has 0 aliphatic carbocycles. The summed E-state index contributed by atoms with van der Waals surface area (Å²) in [5.74, 6) is 0.0810. The molecular formula is C28H23Cl2IN2O5S. The predicted molar refractivity (Wildman–Crippen MR) is 164 cm³/mol. The molecule has 3 amide bonds. The molecule has 11 heteroatoms. The highest BCUT2D eigenvalue weighted by Crippen LogP contribution is 2.38. The van der Waals surface area contributed by atoms with Gasteiger partial charge in [0.25, 0.3) is 17.1 Å². The van der Waals surface area contributed by atoms with E-state index in [1.807, 2.05) is 26.0 Å². The van der Waals surface area contributed by atoms with Crippen LogP contribution in [0.15, 0.2) is 59.5 Å². The summed E-state index contributed by atoms with van der Waals surface area (Å²) >= 11 is 15.1. The number of benzene rings is 3. The van der Waals surface area contributed by atoms with Crippen LogP contribution in [0, 0.1) is 10.5 Å². The van der Waals surface area contributed by atoms with Gasteiger partial charge in [0.05, 0.1) is 21.6 Å². The van der Waals surface area contributed by atoms with Gasteiger partial charge in [-0.05, 0) is 107 Å². The van der Waals surface area contributed by atoms with Gasteiger partial charge in [0.15, 0.2) is 18.1 Å². The molecule has 0 atom stereocenters. The normalized spacial score (nSPS) is 14.2. The summed E-state index contributed by atoms with van der Waals surface area (Å²) in [4.78, 5) is 39.6. The first-order valence-corrected chi connectivity index (χ1v) is 14.4. The number of anilines is 1. The van der Waals surface area contributed by atoms with Gasteiger partial charge in [0.1, 0.15) is 0 Å². The second-order valence-corrected chi connectivity index (χ2v) is 11.5. The van der Waals surface area contributed by atoms with Crippen molar-refractivity contribution < 1.29 is 23.9 Å². The molecule has 0 unspecified atom stereocenters. The summed E-state index contributed by atoms with van der Waals surface area (Å²) in [6.45, 7) is 3.96. The van der Waals surface area contributed by atoms with Gasteiger partial charge in [0.2, 0.25) is 0 Å². The van der Waals surface area contributed by atoms with Gasteiger partial charge in [-0.15, -0.1) is 0 Å². The van der Waals surface area contributed by atoms with Gasteiger partial charge in [0, 0.05) is 15.7 Å². The van der Waals surface area contributed by atoms with E-state index in [0.717, 1.165) is 22.9 Å². The van der Waals surface area contributed by atoms with Crippen molar-refractivity contribution in [3.63, 3.8) is 0 Å². The van der Waals surface area contributed by atoms with Gasteiger partial charge in [-0.3, -0.25) is 19.3 Å². The van der Waals surface area contributed by atoms with Gasteiger partial charge < -0.3 is 14.8 Å². The van der Waals surface area contributed by atoms with E-state index >= 15 is 0 Å². The zero-order valence-electron chi connectivity index (χ0n) is 20.9. The molecule has 4 rings (SSSR count). The van der Waals surface area contributed by atoms with E-state index < -0.39 is 0 Å². The van der Waals surface area contributed by atoms with Crippen molar-refractivity contribution >= 4 is 86.4 Å². The number of halogens is 3. The van der Waals surface area contributed by atoms with Crippen LogP contribution in [0.4, 0.5) is 10.5 Å². The number of nitrogens with one attached hydrogen (secondary N) is 1. The Morgan fingerprint density at radius 2 is 1.90 bits per heavy atom. The first kappa shape index (κ1) is 29.3. The zero-order chi connectivity index (χ0) is 28.1. The number of hydrogen-bond acceptors (Lipinski definition) is 6. The third kappa shape index (κ3) is 7.47. The van der Waals surface area contributed by atoms with Gasteiger partial charge >= 0.3 is 0 Å². The lowest BCUT2D eigenvalue weighted by molar-refractivity contribution is -0.123. The van der Waals surface area contributed by atoms with Crippen molar-refractivity contribution in [2.24, 2.45) is 0 Å². The molecule has 0 aromatic heterocycles. The van der Waals surface area contributed by atoms with Crippen molar-refractivity contribution in [1.29, 1.82) is 0 Å². The molecule has 202 valence electrons. The minimum atomic E-state index is -0.383. The molecule has 1 aliphatic rings. The third-order valence-electron chi connectivity index (χ3n) is 5.54. The largest absolute Gasteiger partial charge is 0.490 e. The average Bonchev–Trinajstić information content (AvgIpc) is 3.13. The summed E-state index contributed by atoms with van der Waals surface area (Å²) in [5, 5.41) is 3.49. The maximum Gasteiger partial charge on any atom is 0.293 e. The zero-order valence-corrected chi connectivity index (χ0v) is 25.4. The van der Waals surface area contributed by atoms with E-state index in [9.17, 15) is 14.4 Å². The maximum absolute atomic E-state index is 13.0. The van der Waals surface area contributed by atoms with E-state index in [-0.39, 0.29) is 30.2 Å². The lowest BCUT2D eigenvalue weighted by atomic mass is 10.1. The van der Waals surface area contributed by atoms with Crippen molar-refractivity contribution in [2.75, 3.05) is 18.5 Å². The standard InChI is InChI=1S/C28H23Cl2IN2O5S/c1-3-37-23-11-18(12-24-27(35)33(28(36)39-24)14-17-5-4-6-19(29)9-17)10-22(31)26(23)38-15-25(34)32-20-8-7-16(2)21(30)13-20/h4-13H,3,14-15H2,1-2H3,(H,32,34)/b24-12-. The monoisotopic (exact) mass is 696 g/mol. The molecule has 3 aromatic carbocycles. The number of imide groups is 1. The van der Waals surface area contributed by atoms with Crippen molar-refractivity contribution in [3.8, 4) is 11.5 Å².